The van der Waals surface area contributed by atoms with Crippen LogP contribution < -0.4 is 5.69 Å². The van der Waals surface area contributed by atoms with Gasteiger partial charge in [-0.15, -0.1) is 13.2 Å². The molecule has 1 N–H and O–H groups in total. The van der Waals surface area contributed by atoms with Crippen molar-refractivity contribution in [1.29, 1.82) is 0 Å². The molecule has 0 radical (unpaired) electrons. The first-order chi connectivity index (χ1) is 15.8. The number of hydrogen-bond acceptors (Lipinski definition) is 5. The number of ether oxygens (including phenoxy) is 2. The highest BCUT2D eigenvalue weighted by atomic mass is 19.4. The monoisotopic (exact) mass is 464 g/mol. The van der Waals surface area contributed by atoms with Crippen LogP contribution in [-0.4, -0.2) is 58.2 Å². The Labute approximate surface area is 186 Å². The van der Waals surface area contributed by atoms with Crippen molar-refractivity contribution in [2.24, 2.45) is 0 Å². The number of imidazole rings is 1. The maximum atomic E-state index is 13.2. The number of likely N-dealkylation sites (tertiary alicyclic amines) is 1. The first-order valence-corrected chi connectivity index (χ1v) is 10.5. The Morgan fingerprint density at radius 3 is 2.73 bits per heavy atom. The van der Waals surface area contributed by atoms with Crippen molar-refractivity contribution < 1.29 is 27.4 Å². The number of amides is 1. The number of H-pyrrole nitrogens is 1. The first-order valence-electron chi connectivity index (χ1n) is 10.5. The lowest BCUT2D eigenvalue weighted by Crippen LogP contribution is -2.50. The number of piperidine rings is 1. The van der Waals surface area contributed by atoms with Crippen LogP contribution in [-0.2, 0) is 15.9 Å². The molecule has 3 heterocycles. The molecule has 2 atom stereocenters. The Morgan fingerprint density at radius 1 is 1.27 bits per heavy atom. The fraction of sp³-hybridized carbons (Fsp3) is 0.409. The maximum Gasteiger partial charge on any atom is 0.524 e. The molecular formula is C22H23F3N4O4. The highest BCUT2D eigenvalue weighted by Crippen LogP contribution is 2.33. The fourth-order valence-electron chi connectivity index (χ4n) is 4.14. The summed E-state index contributed by atoms with van der Waals surface area (Å²) in [6.45, 7) is 0.479. The highest BCUT2D eigenvalue weighted by Gasteiger charge is 2.42. The van der Waals surface area contributed by atoms with Crippen LogP contribution in [0.4, 0.5) is 13.2 Å². The largest absolute Gasteiger partial charge is 0.524 e. The van der Waals surface area contributed by atoms with Gasteiger partial charge in [-0.2, -0.15) is 0 Å². The maximum absolute atomic E-state index is 13.2. The van der Waals surface area contributed by atoms with E-state index in [0.717, 1.165) is 10.5 Å². The van der Waals surface area contributed by atoms with Crippen LogP contribution in [0.15, 0.2) is 47.4 Å². The summed E-state index contributed by atoms with van der Waals surface area (Å²) in [5.74, 6) is -0.560. The summed E-state index contributed by atoms with van der Waals surface area (Å²) in [7, 11) is 1.58. The quantitative estimate of drug-likeness (QED) is 0.605. The van der Waals surface area contributed by atoms with Gasteiger partial charge in [-0.3, -0.25) is 14.1 Å². The molecule has 0 spiro atoms. The Hall–Kier alpha value is -3.18. The van der Waals surface area contributed by atoms with Gasteiger partial charge in [0, 0.05) is 37.9 Å². The summed E-state index contributed by atoms with van der Waals surface area (Å²) in [5.41, 5.74) is 1.49. The van der Waals surface area contributed by atoms with Crippen LogP contribution in [0, 0.1) is 0 Å². The average Bonchev–Trinajstić information content (AvgIpc) is 3.11. The number of fused-ring (bicyclic) bond motifs is 1. The van der Waals surface area contributed by atoms with Gasteiger partial charge in [-0.1, -0.05) is 18.2 Å². The molecule has 176 valence electrons. The number of carbonyl (C=O) groups is 1. The Kier molecular flexibility index (Phi) is 6.52. The van der Waals surface area contributed by atoms with Crippen molar-refractivity contribution in [1.82, 2.24) is 19.4 Å². The molecule has 8 nitrogen and oxygen atoms in total. The minimum Gasteiger partial charge on any atom is -0.384 e. The van der Waals surface area contributed by atoms with Crippen LogP contribution in [0.5, 0.6) is 0 Å². The third-order valence-electron chi connectivity index (χ3n) is 5.65. The van der Waals surface area contributed by atoms with Crippen molar-refractivity contribution in [3.8, 4) is 0 Å². The zero-order chi connectivity index (χ0) is 23.6. The van der Waals surface area contributed by atoms with Gasteiger partial charge in [0.25, 0.3) is 5.91 Å². The number of nitrogens with one attached hydrogen (secondary N) is 1. The van der Waals surface area contributed by atoms with E-state index in [1.165, 1.54) is 16.7 Å². The molecule has 0 aliphatic carbocycles. The lowest BCUT2D eigenvalue weighted by atomic mass is 10.0. The summed E-state index contributed by atoms with van der Waals surface area (Å²) in [5, 5.41) is 0. The number of alkyl halides is 3. The van der Waals surface area contributed by atoms with Gasteiger partial charge in [0.2, 0.25) is 0 Å². The van der Waals surface area contributed by atoms with E-state index in [2.05, 4.69) is 14.7 Å². The lowest BCUT2D eigenvalue weighted by molar-refractivity contribution is -0.360. The van der Waals surface area contributed by atoms with E-state index in [4.69, 9.17) is 4.74 Å². The van der Waals surface area contributed by atoms with E-state index in [0.29, 0.717) is 24.2 Å². The first kappa shape index (κ1) is 23.0. The van der Waals surface area contributed by atoms with Crippen LogP contribution in [0.2, 0.25) is 0 Å². The zero-order valence-corrected chi connectivity index (χ0v) is 17.8. The third-order valence-corrected chi connectivity index (χ3v) is 5.65. The highest BCUT2D eigenvalue weighted by molar-refractivity contribution is 5.94. The molecule has 2 unspecified atom stereocenters. The second-order valence-electron chi connectivity index (χ2n) is 7.82. The number of benzene rings is 1. The van der Waals surface area contributed by atoms with Crippen molar-refractivity contribution in [2.75, 3.05) is 20.3 Å². The Morgan fingerprint density at radius 2 is 2.03 bits per heavy atom. The van der Waals surface area contributed by atoms with Crippen LogP contribution in [0.1, 0.15) is 34.8 Å². The lowest BCUT2D eigenvalue weighted by Gasteiger charge is -2.39. The predicted molar refractivity (Wildman–Crippen MR) is 113 cm³/mol. The minimum atomic E-state index is -4.94. The Balaban J connectivity index is 1.62. The molecule has 4 rings (SSSR count). The van der Waals surface area contributed by atoms with Gasteiger partial charge < -0.3 is 14.6 Å². The fourth-order valence-corrected chi connectivity index (χ4v) is 4.14. The second kappa shape index (κ2) is 9.36. The standard InChI is InChI=1S/C22H23F3N4O4/c1-32-10-8-14-11-17-19(26-13-14)29(21(31)27-17)16-7-9-28(18(12-16)33-22(23,24)25)20(30)15-5-3-2-4-6-15/h2-6,11,13,16,18H,7-10,12H2,1H3,(H,27,31). The number of rotatable bonds is 6. The van der Waals surface area contributed by atoms with Gasteiger partial charge >= 0.3 is 12.1 Å². The molecule has 1 aliphatic heterocycles. The van der Waals surface area contributed by atoms with Gasteiger partial charge in [-0.05, 0) is 36.6 Å². The van der Waals surface area contributed by atoms with Gasteiger partial charge in [-0.25, -0.2) is 9.78 Å². The van der Waals surface area contributed by atoms with Crippen molar-refractivity contribution in [3.05, 3.63) is 64.2 Å². The predicted octanol–water partition coefficient (Wildman–Crippen LogP) is 3.25. The molecule has 3 aromatic rings. The average molecular weight is 464 g/mol. The topological polar surface area (TPSA) is 89.5 Å². The second-order valence-corrected chi connectivity index (χ2v) is 7.82. The summed E-state index contributed by atoms with van der Waals surface area (Å²) >= 11 is 0. The van der Waals surface area contributed by atoms with Gasteiger partial charge in [0.05, 0.1) is 12.1 Å². The normalized spacial score (nSPS) is 19.2. The molecule has 0 bridgehead atoms. The van der Waals surface area contributed by atoms with Gasteiger partial charge in [0.1, 0.15) is 6.23 Å². The summed E-state index contributed by atoms with van der Waals surface area (Å²) in [4.78, 5) is 33.7. The van der Waals surface area contributed by atoms with E-state index in [-0.39, 0.29) is 24.9 Å². The molecule has 33 heavy (non-hydrogen) atoms. The number of hydrogen-bond donors (Lipinski definition) is 1. The van der Waals surface area contributed by atoms with E-state index < -0.39 is 30.2 Å². The van der Waals surface area contributed by atoms with Crippen molar-refractivity contribution in [3.63, 3.8) is 0 Å². The van der Waals surface area contributed by atoms with E-state index in [1.54, 1.807) is 37.6 Å². The van der Waals surface area contributed by atoms with Crippen LogP contribution >= 0.6 is 0 Å². The Bertz CT molecular complexity index is 1180. The zero-order valence-electron chi connectivity index (χ0n) is 17.8. The molecule has 1 aromatic carbocycles. The number of methoxy groups -OCH3 is 1. The van der Waals surface area contributed by atoms with E-state index in [9.17, 15) is 22.8 Å². The summed E-state index contributed by atoms with van der Waals surface area (Å²) in [6, 6.07) is 9.20. The molecule has 1 aliphatic rings. The number of aromatic nitrogens is 3. The minimum absolute atomic E-state index is 0.00975. The molecule has 1 fully saturated rings. The smallest absolute Gasteiger partial charge is 0.384 e. The van der Waals surface area contributed by atoms with Crippen molar-refractivity contribution in [2.45, 2.75) is 37.9 Å². The van der Waals surface area contributed by atoms with Gasteiger partial charge in [0.15, 0.2) is 5.65 Å². The molecule has 0 saturated carbocycles. The molecule has 1 amide bonds. The number of nitrogens with zero attached hydrogens (tertiary/aromatic N) is 3. The SMILES string of the molecule is COCCc1cnc2c(c1)[nH]c(=O)n2C1CCN(C(=O)c2ccccc2)C(OC(F)(F)F)C1. The summed E-state index contributed by atoms with van der Waals surface area (Å²) < 4.78 is 50.2. The number of aromatic amines is 1. The van der Waals surface area contributed by atoms with Crippen LogP contribution in [0.3, 0.4) is 0 Å². The van der Waals surface area contributed by atoms with E-state index in [1.807, 2.05) is 0 Å². The molecule has 2 aromatic heterocycles. The number of pyridine rings is 1. The number of halogens is 3. The van der Waals surface area contributed by atoms with Crippen molar-refractivity contribution >= 4 is 17.1 Å². The van der Waals surface area contributed by atoms with E-state index >= 15 is 0 Å². The third kappa shape index (κ3) is 5.09. The molecular weight excluding hydrogens is 441 g/mol. The summed E-state index contributed by atoms with van der Waals surface area (Å²) in [6.07, 6.45) is -4.23. The molecule has 1 saturated heterocycles. The molecule has 11 heteroatoms. The number of carbonyl (C=O) groups excluding carboxylic acids is 1. The van der Waals surface area contributed by atoms with Crippen LogP contribution in [0.25, 0.3) is 11.2 Å².